The van der Waals surface area contributed by atoms with E-state index in [1.807, 2.05) is 41.1 Å². The summed E-state index contributed by atoms with van der Waals surface area (Å²) in [6.45, 7) is 0.662. The average Bonchev–Trinajstić information content (AvgIpc) is 3.31. The third kappa shape index (κ3) is 2.96. The molecule has 3 aromatic rings. The average molecular weight is 338 g/mol. The van der Waals surface area contributed by atoms with E-state index < -0.39 is 0 Å². The molecular weight excluding hydrogens is 324 g/mol. The van der Waals surface area contributed by atoms with Crippen molar-refractivity contribution in [2.24, 2.45) is 0 Å². The highest BCUT2D eigenvalue weighted by Crippen LogP contribution is 2.32. The minimum atomic E-state index is -0.156. The summed E-state index contributed by atoms with van der Waals surface area (Å²) in [5.41, 5.74) is 3.42. The summed E-state index contributed by atoms with van der Waals surface area (Å²) in [5, 5.41) is 6.92. The van der Waals surface area contributed by atoms with Gasteiger partial charge in [-0.05, 0) is 41.3 Å². The standard InChI is InChI=1S/C18H14N2O3S/c21-18(13-2-3-15(19-9-13)14-5-6-24-10-14)20-8-12-1-4-16-17(7-12)23-11-22-16/h1-7,9-10H,8,11H2,(H,20,21). The first-order valence-electron chi connectivity index (χ1n) is 7.45. The number of hydrogen-bond acceptors (Lipinski definition) is 5. The maximum absolute atomic E-state index is 12.2. The first kappa shape index (κ1) is 14.7. The number of hydrogen-bond donors (Lipinski definition) is 1. The fraction of sp³-hybridized carbons (Fsp3) is 0.111. The second-order valence-electron chi connectivity index (χ2n) is 5.31. The van der Waals surface area contributed by atoms with Crippen molar-refractivity contribution < 1.29 is 14.3 Å². The summed E-state index contributed by atoms with van der Waals surface area (Å²) in [5.74, 6) is 1.29. The van der Waals surface area contributed by atoms with E-state index in [0.29, 0.717) is 17.9 Å². The Labute approximate surface area is 142 Å². The predicted molar refractivity (Wildman–Crippen MR) is 91.3 cm³/mol. The highest BCUT2D eigenvalue weighted by atomic mass is 32.1. The van der Waals surface area contributed by atoms with Gasteiger partial charge in [0, 0.05) is 23.7 Å². The molecule has 24 heavy (non-hydrogen) atoms. The summed E-state index contributed by atoms with van der Waals surface area (Å²) in [7, 11) is 0. The number of fused-ring (bicyclic) bond motifs is 1. The highest BCUT2D eigenvalue weighted by Gasteiger charge is 2.14. The zero-order chi connectivity index (χ0) is 16.4. The van der Waals surface area contributed by atoms with Crippen molar-refractivity contribution in [3.8, 4) is 22.8 Å². The van der Waals surface area contributed by atoms with Crippen molar-refractivity contribution in [1.82, 2.24) is 10.3 Å². The number of carbonyl (C=O) groups excluding carboxylic acids is 1. The first-order valence-corrected chi connectivity index (χ1v) is 8.39. The van der Waals surface area contributed by atoms with Gasteiger partial charge in [0.2, 0.25) is 6.79 Å². The molecule has 3 heterocycles. The Hall–Kier alpha value is -2.86. The lowest BCUT2D eigenvalue weighted by molar-refractivity contribution is 0.0950. The first-order chi connectivity index (χ1) is 11.8. The quantitative estimate of drug-likeness (QED) is 0.791. The summed E-state index contributed by atoms with van der Waals surface area (Å²) < 4.78 is 10.6. The molecule has 0 radical (unpaired) electrons. The van der Waals surface area contributed by atoms with E-state index in [4.69, 9.17) is 9.47 Å². The van der Waals surface area contributed by atoms with E-state index >= 15 is 0 Å². The van der Waals surface area contributed by atoms with Gasteiger partial charge in [0.25, 0.3) is 5.91 Å². The zero-order valence-electron chi connectivity index (χ0n) is 12.7. The van der Waals surface area contributed by atoms with Crippen LogP contribution >= 0.6 is 11.3 Å². The number of nitrogens with one attached hydrogen (secondary N) is 1. The second kappa shape index (κ2) is 6.33. The lowest BCUT2D eigenvalue weighted by Crippen LogP contribution is -2.22. The molecule has 1 aliphatic rings. The Morgan fingerprint density at radius 3 is 2.88 bits per heavy atom. The third-order valence-corrected chi connectivity index (χ3v) is 4.42. The smallest absolute Gasteiger partial charge is 0.253 e. The summed E-state index contributed by atoms with van der Waals surface area (Å²) in [4.78, 5) is 16.6. The zero-order valence-corrected chi connectivity index (χ0v) is 13.5. The van der Waals surface area contributed by atoms with Crippen molar-refractivity contribution in [2.75, 3.05) is 6.79 Å². The van der Waals surface area contributed by atoms with Crippen molar-refractivity contribution in [3.05, 3.63) is 64.5 Å². The topological polar surface area (TPSA) is 60.5 Å². The third-order valence-electron chi connectivity index (χ3n) is 3.73. The molecule has 0 aliphatic carbocycles. The number of benzene rings is 1. The van der Waals surface area contributed by atoms with Crippen LogP contribution in [0.15, 0.2) is 53.4 Å². The second-order valence-corrected chi connectivity index (χ2v) is 6.09. The summed E-state index contributed by atoms with van der Waals surface area (Å²) >= 11 is 1.62. The SMILES string of the molecule is O=C(NCc1ccc2c(c1)OCO2)c1ccc(-c2ccsc2)nc1. The molecule has 0 spiro atoms. The monoisotopic (exact) mass is 338 g/mol. The molecule has 2 aromatic heterocycles. The van der Waals surface area contributed by atoms with Crippen LogP contribution in [-0.4, -0.2) is 17.7 Å². The highest BCUT2D eigenvalue weighted by molar-refractivity contribution is 7.08. The van der Waals surface area contributed by atoms with Gasteiger partial charge in [-0.1, -0.05) is 6.07 Å². The summed E-state index contributed by atoms with van der Waals surface area (Å²) in [6, 6.07) is 11.3. The largest absolute Gasteiger partial charge is 0.454 e. The molecule has 0 fully saturated rings. The number of carbonyl (C=O) groups is 1. The van der Waals surface area contributed by atoms with Crippen LogP contribution in [-0.2, 0) is 6.54 Å². The van der Waals surface area contributed by atoms with Crippen LogP contribution in [0, 0.1) is 0 Å². The number of pyridine rings is 1. The number of thiophene rings is 1. The molecule has 0 saturated carbocycles. The fourth-order valence-corrected chi connectivity index (χ4v) is 3.09. The van der Waals surface area contributed by atoms with Crippen LogP contribution in [0.1, 0.15) is 15.9 Å². The Morgan fingerprint density at radius 1 is 1.17 bits per heavy atom. The van der Waals surface area contributed by atoms with Crippen LogP contribution in [0.3, 0.4) is 0 Å². The molecule has 1 N–H and O–H groups in total. The van der Waals surface area contributed by atoms with E-state index in [-0.39, 0.29) is 12.7 Å². The van der Waals surface area contributed by atoms with Crippen LogP contribution < -0.4 is 14.8 Å². The van der Waals surface area contributed by atoms with Gasteiger partial charge in [0.15, 0.2) is 11.5 Å². The van der Waals surface area contributed by atoms with Gasteiger partial charge in [-0.15, -0.1) is 0 Å². The number of nitrogens with zero attached hydrogens (tertiary/aromatic N) is 1. The number of ether oxygens (including phenoxy) is 2. The van der Waals surface area contributed by atoms with Crippen molar-refractivity contribution in [1.29, 1.82) is 0 Å². The maximum atomic E-state index is 12.2. The van der Waals surface area contributed by atoms with Gasteiger partial charge in [0.1, 0.15) is 0 Å². The van der Waals surface area contributed by atoms with Crippen LogP contribution in [0.25, 0.3) is 11.3 Å². The number of aromatic nitrogens is 1. The van der Waals surface area contributed by atoms with Crippen molar-refractivity contribution in [3.63, 3.8) is 0 Å². The molecule has 4 rings (SSSR count). The molecule has 120 valence electrons. The van der Waals surface area contributed by atoms with Gasteiger partial charge in [-0.2, -0.15) is 11.3 Å². The minimum Gasteiger partial charge on any atom is -0.454 e. The molecule has 1 amide bonds. The Bertz CT molecular complexity index is 860. The van der Waals surface area contributed by atoms with E-state index in [9.17, 15) is 4.79 Å². The normalized spacial score (nSPS) is 12.2. The van der Waals surface area contributed by atoms with Crippen LogP contribution in [0.5, 0.6) is 11.5 Å². The Balaban J connectivity index is 1.41. The predicted octanol–water partition coefficient (Wildman–Crippen LogP) is 3.47. The molecule has 1 aromatic carbocycles. The Morgan fingerprint density at radius 2 is 2.08 bits per heavy atom. The van der Waals surface area contributed by atoms with Gasteiger partial charge in [-0.3, -0.25) is 9.78 Å². The van der Waals surface area contributed by atoms with Gasteiger partial charge in [-0.25, -0.2) is 0 Å². The number of amides is 1. The lowest BCUT2D eigenvalue weighted by atomic mass is 10.1. The lowest BCUT2D eigenvalue weighted by Gasteiger charge is -2.07. The molecular formula is C18H14N2O3S. The van der Waals surface area contributed by atoms with Crippen molar-refractivity contribution >= 4 is 17.2 Å². The minimum absolute atomic E-state index is 0.156. The fourth-order valence-electron chi connectivity index (χ4n) is 2.44. The molecule has 0 atom stereocenters. The molecule has 0 saturated heterocycles. The molecule has 6 heteroatoms. The van der Waals surface area contributed by atoms with Crippen LogP contribution in [0.4, 0.5) is 0 Å². The maximum Gasteiger partial charge on any atom is 0.253 e. The molecule has 1 aliphatic heterocycles. The van der Waals surface area contributed by atoms with Gasteiger partial charge >= 0.3 is 0 Å². The Kier molecular flexibility index (Phi) is 3.88. The van der Waals surface area contributed by atoms with Gasteiger partial charge in [0.05, 0.1) is 11.3 Å². The van der Waals surface area contributed by atoms with Gasteiger partial charge < -0.3 is 14.8 Å². The van der Waals surface area contributed by atoms with Crippen molar-refractivity contribution in [2.45, 2.75) is 6.54 Å². The number of rotatable bonds is 4. The summed E-state index contributed by atoms with van der Waals surface area (Å²) in [6.07, 6.45) is 1.60. The van der Waals surface area contributed by atoms with E-state index in [1.165, 1.54) is 0 Å². The molecule has 0 bridgehead atoms. The molecule has 0 unspecified atom stereocenters. The van der Waals surface area contributed by atoms with E-state index in [2.05, 4.69) is 10.3 Å². The van der Waals surface area contributed by atoms with E-state index in [1.54, 1.807) is 23.6 Å². The van der Waals surface area contributed by atoms with Crippen LogP contribution in [0.2, 0.25) is 0 Å². The van der Waals surface area contributed by atoms with E-state index in [0.717, 1.165) is 22.6 Å². The molecule has 5 nitrogen and oxygen atoms in total.